The molecule has 0 N–H and O–H groups in total. The number of methoxy groups -OCH3 is 1. The number of hydrogen-bond acceptors (Lipinski definition) is 5. The van der Waals surface area contributed by atoms with Crippen LogP contribution in [0.15, 0.2) is 24.3 Å². The van der Waals surface area contributed by atoms with E-state index in [4.69, 9.17) is 4.74 Å². The first-order valence-corrected chi connectivity index (χ1v) is 6.45. The van der Waals surface area contributed by atoms with Gasteiger partial charge in [-0.3, -0.25) is 9.59 Å². The van der Waals surface area contributed by atoms with Gasteiger partial charge < -0.3 is 9.47 Å². The van der Waals surface area contributed by atoms with Crippen LogP contribution < -0.4 is 0 Å². The Morgan fingerprint density at radius 3 is 2.33 bits per heavy atom. The van der Waals surface area contributed by atoms with Crippen LogP contribution in [0.1, 0.15) is 35.7 Å². The molecule has 0 saturated carbocycles. The summed E-state index contributed by atoms with van der Waals surface area (Å²) in [6.07, 6.45) is 0.169. The maximum absolute atomic E-state index is 11.9. The van der Waals surface area contributed by atoms with Crippen LogP contribution in [-0.4, -0.2) is 31.4 Å². The zero-order valence-corrected chi connectivity index (χ0v) is 12.0. The van der Waals surface area contributed by atoms with Crippen LogP contribution in [0.25, 0.3) is 0 Å². The van der Waals surface area contributed by atoms with E-state index in [1.165, 1.54) is 7.11 Å². The average molecular weight is 288 g/mol. The fourth-order valence-corrected chi connectivity index (χ4v) is 1.51. The number of ether oxygens (including phenoxy) is 2. The van der Waals surface area contributed by atoms with Crippen molar-refractivity contribution in [2.24, 2.45) is 0 Å². The molecule has 0 unspecified atom stereocenters. The van der Waals surface area contributed by atoms with E-state index in [0.717, 1.165) is 0 Å². The fourth-order valence-electron chi connectivity index (χ4n) is 1.51. The van der Waals surface area contributed by atoms with Crippen LogP contribution in [0.3, 0.4) is 0 Å². The second kappa shape index (κ2) is 8.54. The zero-order chi connectivity index (χ0) is 15.7. The number of carbonyl (C=O) groups excluding carboxylic acids is 3. The third-order valence-electron chi connectivity index (χ3n) is 2.56. The van der Waals surface area contributed by atoms with Crippen LogP contribution in [0.5, 0.6) is 0 Å². The molecule has 110 valence electrons. The molecule has 0 saturated heterocycles. The van der Waals surface area contributed by atoms with E-state index in [9.17, 15) is 14.4 Å². The molecule has 0 heterocycles. The Kier molecular flexibility index (Phi) is 6.69. The molecule has 0 bridgehead atoms. The van der Waals surface area contributed by atoms with Crippen molar-refractivity contribution >= 4 is 17.7 Å². The lowest BCUT2D eigenvalue weighted by Gasteiger charge is -2.02. The summed E-state index contributed by atoms with van der Waals surface area (Å²) in [7, 11) is 1.25. The van der Waals surface area contributed by atoms with Crippen molar-refractivity contribution in [3.8, 4) is 11.8 Å². The molecule has 1 aromatic carbocycles. The normalized spacial score (nSPS) is 9.24. The van der Waals surface area contributed by atoms with Gasteiger partial charge in [-0.1, -0.05) is 18.1 Å². The number of Topliss-reactive ketones (excluding diaryl/α,β-unsaturated/α-hetero) is 1. The number of ketones is 1. The van der Waals surface area contributed by atoms with E-state index in [0.29, 0.717) is 17.7 Å². The minimum absolute atomic E-state index is 0.0660. The summed E-state index contributed by atoms with van der Waals surface area (Å²) in [5.74, 6) is 3.77. The van der Waals surface area contributed by atoms with E-state index in [-0.39, 0.29) is 24.6 Å². The van der Waals surface area contributed by atoms with Gasteiger partial charge in [0.1, 0.15) is 0 Å². The van der Waals surface area contributed by atoms with E-state index >= 15 is 0 Å². The van der Waals surface area contributed by atoms with Gasteiger partial charge >= 0.3 is 11.9 Å². The summed E-state index contributed by atoms with van der Waals surface area (Å²) < 4.78 is 9.16. The Balaban J connectivity index is 2.60. The molecule has 0 radical (unpaired) electrons. The van der Waals surface area contributed by atoms with Gasteiger partial charge in [0.25, 0.3) is 0 Å². The summed E-state index contributed by atoms with van der Waals surface area (Å²) in [6.45, 7) is 2.02. The maximum atomic E-state index is 11.9. The monoisotopic (exact) mass is 288 g/mol. The molecule has 0 aliphatic heterocycles. The van der Waals surface area contributed by atoms with Crippen molar-refractivity contribution in [3.05, 3.63) is 35.4 Å². The third kappa shape index (κ3) is 5.91. The third-order valence-corrected chi connectivity index (χ3v) is 2.56. The van der Waals surface area contributed by atoms with Crippen LogP contribution in [-0.2, 0) is 19.1 Å². The SMILES string of the molecule is CCOC(=O)CCC(=O)c1ccc(C#CC(=O)OC)cc1. The molecule has 0 aliphatic carbocycles. The van der Waals surface area contributed by atoms with Gasteiger partial charge in [-0.05, 0) is 19.1 Å². The van der Waals surface area contributed by atoms with E-state index in [1.807, 2.05) is 0 Å². The Labute approximate surface area is 123 Å². The van der Waals surface area contributed by atoms with Crippen molar-refractivity contribution < 1.29 is 23.9 Å². The highest BCUT2D eigenvalue weighted by Gasteiger charge is 2.09. The lowest BCUT2D eigenvalue weighted by atomic mass is 10.0. The number of rotatable bonds is 5. The molecule has 0 amide bonds. The maximum Gasteiger partial charge on any atom is 0.384 e. The molecular formula is C16H16O5. The number of hydrogen-bond donors (Lipinski definition) is 0. The van der Waals surface area contributed by atoms with Crippen LogP contribution in [0.4, 0.5) is 0 Å². The highest BCUT2D eigenvalue weighted by molar-refractivity contribution is 5.97. The van der Waals surface area contributed by atoms with Crippen LogP contribution >= 0.6 is 0 Å². The van der Waals surface area contributed by atoms with E-state index in [2.05, 4.69) is 16.6 Å². The summed E-state index contributed by atoms with van der Waals surface area (Å²) >= 11 is 0. The second-order valence-electron chi connectivity index (χ2n) is 4.05. The quantitative estimate of drug-likeness (QED) is 0.469. The first-order chi connectivity index (χ1) is 10.1. The van der Waals surface area contributed by atoms with Gasteiger partial charge in [0.2, 0.25) is 0 Å². The molecular weight excluding hydrogens is 272 g/mol. The standard InChI is InChI=1S/C16H16O5/c1-3-21-16(19)11-9-14(17)13-7-4-12(5-8-13)6-10-15(18)20-2/h4-5,7-8H,3,9,11H2,1-2H3. The van der Waals surface area contributed by atoms with Gasteiger partial charge in [0, 0.05) is 23.5 Å². The summed E-state index contributed by atoms with van der Waals surface area (Å²) in [5.41, 5.74) is 1.09. The molecule has 1 aromatic rings. The lowest BCUT2D eigenvalue weighted by molar-refractivity contribution is -0.143. The largest absolute Gasteiger partial charge is 0.466 e. The minimum atomic E-state index is -0.621. The van der Waals surface area contributed by atoms with Crippen molar-refractivity contribution in [1.82, 2.24) is 0 Å². The fraction of sp³-hybridized carbons (Fsp3) is 0.312. The van der Waals surface area contributed by atoms with Gasteiger partial charge in [0.05, 0.1) is 20.1 Å². The Bertz CT molecular complexity index is 575. The van der Waals surface area contributed by atoms with Crippen molar-refractivity contribution in [2.75, 3.05) is 13.7 Å². The van der Waals surface area contributed by atoms with E-state index in [1.54, 1.807) is 31.2 Å². The minimum Gasteiger partial charge on any atom is -0.466 e. The van der Waals surface area contributed by atoms with Crippen molar-refractivity contribution in [2.45, 2.75) is 19.8 Å². The smallest absolute Gasteiger partial charge is 0.384 e. The van der Waals surface area contributed by atoms with Crippen molar-refractivity contribution in [1.29, 1.82) is 0 Å². The van der Waals surface area contributed by atoms with Gasteiger partial charge in [-0.2, -0.15) is 0 Å². The molecule has 21 heavy (non-hydrogen) atoms. The Hall–Kier alpha value is -2.61. The molecule has 5 heteroatoms. The first-order valence-electron chi connectivity index (χ1n) is 6.45. The van der Waals surface area contributed by atoms with Gasteiger partial charge in [0.15, 0.2) is 5.78 Å². The number of benzene rings is 1. The molecule has 5 nitrogen and oxygen atoms in total. The van der Waals surface area contributed by atoms with Gasteiger partial charge in [-0.25, -0.2) is 4.79 Å². The summed E-state index contributed by atoms with van der Waals surface area (Å²) in [5, 5.41) is 0. The van der Waals surface area contributed by atoms with Crippen LogP contribution in [0, 0.1) is 11.8 Å². The average Bonchev–Trinajstić information content (AvgIpc) is 2.51. The number of esters is 2. The molecule has 0 aromatic heterocycles. The highest BCUT2D eigenvalue weighted by atomic mass is 16.5. The zero-order valence-electron chi connectivity index (χ0n) is 12.0. The second-order valence-corrected chi connectivity index (χ2v) is 4.05. The predicted octanol–water partition coefficient (Wildman–Crippen LogP) is 1.74. The Morgan fingerprint density at radius 2 is 1.76 bits per heavy atom. The van der Waals surface area contributed by atoms with Crippen molar-refractivity contribution in [3.63, 3.8) is 0 Å². The topological polar surface area (TPSA) is 69.7 Å². The summed E-state index contributed by atoms with van der Waals surface area (Å²) in [4.78, 5) is 33.9. The molecule has 0 aliphatic rings. The first kappa shape index (κ1) is 16.4. The molecule has 0 spiro atoms. The predicted molar refractivity (Wildman–Crippen MR) is 75.5 cm³/mol. The Morgan fingerprint density at radius 1 is 1.10 bits per heavy atom. The summed E-state index contributed by atoms with van der Waals surface area (Å²) in [6, 6.07) is 6.48. The van der Waals surface area contributed by atoms with Gasteiger partial charge in [-0.15, -0.1) is 0 Å². The molecule has 0 atom stereocenters. The lowest BCUT2D eigenvalue weighted by Crippen LogP contribution is -2.07. The van der Waals surface area contributed by atoms with Crippen LogP contribution in [0.2, 0.25) is 0 Å². The number of carbonyl (C=O) groups is 3. The highest BCUT2D eigenvalue weighted by Crippen LogP contribution is 2.08. The molecule has 1 rings (SSSR count). The molecule has 0 fully saturated rings. The van der Waals surface area contributed by atoms with E-state index < -0.39 is 5.97 Å².